The van der Waals surface area contributed by atoms with Gasteiger partial charge in [-0.2, -0.15) is 9.97 Å². The van der Waals surface area contributed by atoms with Crippen molar-refractivity contribution in [1.29, 1.82) is 0 Å². The van der Waals surface area contributed by atoms with Gasteiger partial charge in [0.15, 0.2) is 11.5 Å². The molecule has 1 aromatic carbocycles. The van der Waals surface area contributed by atoms with Crippen molar-refractivity contribution in [3.8, 4) is 6.01 Å². The molecule has 3 rings (SSSR count). The van der Waals surface area contributed by atoms with Gasteiger partial charge < -0.3 is 26.5 Å². The minimum absolute atomic E-state index is 0.137. The molecule has 0 spiro atoms. The lowest BCUT2D eigenvalue weighted by Gasteiger charge is -2.08. The number of ether oxygens (including phenoxy) is 1. The SMILES string of the molecule is CCCCOc1nc(N)c2[nH]c(=O)n(Cc3ccc(C(=O)NCCCCN)cc3)c2n1. The van der Waals surface area contributed by atoms with Crippen molar-refractivity contribution in [2.24, 2.45) is 5.73 Å². The normalized spacial score (nSPS) is 11.0. The number of carbonyl (C=O) groups is 1. The van der Waals surface area contributed by atoms with Crippen LogP contribution in [0.5, 0.6) is 6.01 Å². The van der Waals surface area contributed by atoms with Gasteiger partial charge in [-0.1, -0.05) is 25.5 Å². The summed E-state index contributed by atoms with van der Waals surface area (Å²) in [4.78, 5) is 35.9. The molecule has 0 saturated heterocycles. The smallest absolute Gasteiger partial charge is 0.328 e. The Labute approximate surface area is 180 Å². The van der Waals surface area contributed by atoms with Gasteiger partial charge in [0.25, 0.3) is 5.91 Å². The molecule has 0 unspecified atom stereocenters. The maximum absolute atomic E-state index is 12.5. The average Bonchev–Trinajstić information content (AvgIpc) is 3.08. The summed E-state index contributed by atoms with van der Waals surface area (Å²) in [5, 5.41) is 2.87. The molecule has 6 N–H and O–H groups in total. The molecule has 10 nitrogen and oxygen atoms in total. The summed E-state index contributed by atoms with van der Waals surface area (Å²) in [6, 6.07) is 7.23. The van der Waals surface area contributed by atoms with Gasteiger partial charge in [-0.05, 0) is 43.5 Å². The van der Waals surface area contributed by atoms with Crippen molar-refractivity contribution < 1.29 is 9.53 Å². The van der Waals surface area contributed by atoms with E-state index >= 15 is 0 Å². The largest absolute Gasteiger partial charge is 0.463 e. The van der Waals surface area contributed by atoms with Gasteiger partial charge >= 0.3 is 11.7 Å². The van der Waals surface area contributed by atoms with Gasteiger partial charge in [-0.3, -0.25) is 9.36 Å². The molecule has 2 aromatic heterocycles. The molecular weight excluding hydrogens is 398 g/mol. The zero-order valence-corrected chi connectivity index (χ0v) is 17.7. The van der Waals surface area contributed by atoms with Gasteiger partial charge in [0.2, 0.25) is 0 Å². The van der Waals surface area contributed by atoms with Crippen LogP contribution in [0.15, 0.2) is 29.1 Å². The van der Waals surface area contributed by atoms with Crippen molar-refractivity contribution in [2.45, 2.75) is 39.2 Å². The number of carbonyl (C=O) groups excluding carboxylic acids is 1. The summed E-state index contributed by atoms with van der Waals surface area (Å²) in [7, 11) is 0. The van der Waals surface area contributed by atoms with Gasteiger partial charge in [0, 0.05) is 12.1 Å². The third kappa shape index (κ3) is 5.60. The second kappa shape index (κ2) is 10.6. The summed E-state index contributed by atoms with van der Waals surface area (Å²) in [6.45, 7) is 4.00. The summed E-state index contributed by atoms with van der Waals surface area (Å²) in [5.41, 5.74) is 13.2. The number of aromatic nitrogens is 4. The summed E-state index contributed by atoms with van der Waals surface area (Å²) in [5.74, 6) is 0.0243. The van der Waals surface area contributed by atoms with Crippen LogP contribution in [0.4, 0.5) is 5.82 Å². The minimum Gasteiger partial charge on any atom is -0.463 e. The standard InChI is InChI=1S/C21H29N7O3/c1-2-3-12-31-20-26-17(23)16-18(27-20)28(21(30)25-16)13-14-6-8-15(9-7-14)19(29)24-11-5-4-10-22/h6-9H,2-5,10-13,22H2,1H3,(H,24,29)(H,25,30)(H2,23,26,27). The first-order valence-electron chi connectivity index (χ1n) is 10.5. The maximum Gasteiger partial charge on any atom is 0.328 e. The Kier molecular flexibility index (Phi) is 7.60. The molecule has 0 bridgehead atoms. The zero-order chi connectivity index (χ0) is 22.2. The van der Waals surface area contributed by atoms with Crippen LogP contribution in [0, 0.1) is 0 Å². The van der Waals surface area contributed by atoms with Crippen LogP contribution < -0.4 is 27.2 Å². The van der Waals surface area contributed by atoms with Gasteiger partial charge in [-0.25, -0.2) is 4.79 Å². The predicted molar refractivity (Wildman–Crippen MR) is 119 cm³/mol. The quantitative estimate of drug-likeness (QED) is 0.337. The molecule has 0 fully saturated rings. The molecule has 1 amide bonds. The highest BCUT2D eigenvalue weighted by atomic mass is 16.5. The summed E-state index contributed by atoms with van der Waals surface area (Å²) in [6.07, 6.45) is 3.57. The van der Waals surface area contributed by atoms with E-state index in [0.29, 0.717) is 36.4 Å². The number of hydrogen-bond acceptors (Lipinski definition) is 7. The molecular formula is C21H29N7O3. The lowest BCUT2D eigenvalue weighted by atomic mass is 10.1. The van der Waals surface area contributed by atoms with Gasteiger partial charge in [0.05, 0.1) is 13.2 Å². The third-order valence-corrected chi connectivity index (χ3v) is 4.83. The Bertz CT molecular complexity index is 1070. The second-order valence-corrected chi connectivity index (χ2v) is 7.26. The molecule has 3 aromatic rings. The van der Waals surface area contributed by atoms with Crippen LogP contribution in [0.3, 0.4) is 0 Å². The topological polar surface area (TPSA) is 154 Å². The molecule has 10 heteroatoms. The highest BCUT2D eigenvalue weighted by Gasteiger charge is 2.15. The fourth-order valence-corrected chi connectivity index (χ4v) is 3.07. The fourth-order valence-electron chi connectivity index (χ4n) is 3.07. The van der Waals surface area contributed by atoms with E-state index in [9.17, 15) is 9.59 Å². The number of hydrogen-bond donors (Lipinski definition) is 4. The molecule has 0 atom stereocenters. The number of rotatable bonds is 11. The number of nitrogens with two attached hydrogens (primary N) is 2. The van der Waals surface area contributed by atoms with Crippen LogP contribution in [-0.2, 0) is 6.54 Å². The maximum atomic E-state index is 12.5. The minimum atomic E-state index is -0.344. The second-order valence-electron chi connectivity index (χ2n) is 7.26. The van der Waals surface area contributed by atoms with Crippen LogP contribution in [-0.4, -0.2) is 45.1 Å². The van der Waals surface area contributed by atoms with Crippen LogP contribution in [0.25, 0.3) is 11.2 Å². The highest BCUT2D eigenvalue weighted by molar-refractivity contribution is 5.94. The summed E-state index contributed by atoms with van der Waals surface area (Å²) >= 11 is 0. The molecule has 0 aliphatic heterocycles. The van der Waals surface area contributed by atoms with Gasteiger partial charge in [-0.15, -0.1) is 0 Å². The average molecular weight is 428 g/mol. The van der Waals surface area contributed by atoms with Crippen molar-refractivity contribution >= 4 is 22.9 Å². The van der Waals surface area contributed by atoms with Gasteiger partial charge in [0.1, 0.15) is 5.52 Å². The van der Waals surface area contributed by atoms with Crippen molar-refractivity contribution in [1.82, 2.24) is 24.8 Å². The van der Waals surface area contributed by atoms with Crippen molar-refractivity contribution in [3.05, 3.63) is 45.9 Å². The number of aromatic amines is 1. The van der Waals surface area contributed by atoms with Crippen molar-refractivity contribution in [2.75, 3.05) is 25.4 Å². The number of H-pyrrole nitrogens is 1. The Hall–Kier alpha value is -3.40. The van der Waals surface area contributed by atoms with Crippen LogP contribution >= 0.6 is 0 Å². The molecule has 0 aliphatic rings. The molecule has 2 heterocycles. The zero-order valence-electron chi connectivity index (χ0n) is 17.7. The Morgan fingerprint density at radius 3 is 2.68 bits per heavy atom. The Morgan fingerprint density at radius 1 is 1.19 bits per heavy atom. The van der Waals surface area contributed by atoms with Crippen LogP contribution in [0.2, 0.25) is 0 Å². The monoisotopic (exact) mass is 427 g/mol. The molecule has 0 saturated carbocycles. The first-order valence-corrected chi connectivity index (χ1v) is 10.5. The summed E-state index contributed by atoms with van der Waals surface area (Å²) < 4.78 is 7.03. The number of benzene rings is 1. The number of nitrogen functional groups attached to an aromatic ring is 1. The van der Waals surface area contributed by atoms with E-state index < -0.39 is 0 Å². The lowest BCUT2D eigenvalue weighted by Crippen LogP contribution is -2.25. The highest BCUT2D eigenvalue weighted by Crippen LogP contribution is 2.19. The lowest BCUT2D eigenvalue weighted by molar-refractivity contribution is 0.0953. The molecule has 166 valence electrons. The van der Waals surface area contributed by atoms with E-state index in [1.54, 1.807) is 12.1 Å². The number of nitrogens with one attached hydrogen (secondary N) is 2. The van der Waals surface area contributed by atoms with E-state index in [2.05, 4.69) is 27.2 Å². The van der Waals surface area contributed by atoms with E-state index in [-0.39, 0.29) is 30.0 Å². The van der Waals surface area contributed by atoms with Crippen molar-refractivity contribution in [3.63, 3.8) is 0 Å². The van der Waals surface area contributed by atoms with E-state index in [1.165, 1.54) is 4.57 Å². The molecule has 0 aliphatic carbocycles. The number of nitrogens with zero attached hydrogens (tertiary/aromatic N) is 3. The molecule has 31 heavy (non-hydrogen) atoms. The van der Waals surface area contributed by atoms with Crippen LogP contribution in [0.1, 0.15) is 48.5 Å². The number of imidazole rings is 1. The first kappa shape index (κ1) is 22.3. The first-order chi connectivity index (χ1) is 15.0. The molecule has 0 radical (unpaired) electrons. The predicted octanol–water partition coefficient (Wildman–Crippen LogP) is 1.40. The number of fused-ring (bicyclic) bond motifs is 1. The number of anilines is 1. The van der Waals surface area contributed by atoms with E-state index in [0.717, 1.165) is 31.2 Å². The van der Waals surface area contributed by atoms with E-state index in [1.807, 2.05) is 12.1 Å². The number of amides is 1. The Balaban J connectivity index is 1.75. The number of unbranched alkanes of at least 4 members (excludes halogenated alkanes) is 2. The van der Waals surface area contributed by atoms with E-state index in [4.69, 9.17) is 16.2 Å². The third-order valence-electron chi connectivity index (χ3n) is 4.83. The Morgan fingerprint density at radius 2 is 1.97 bits per heavy atom. The fraction of sp³-hybridized carbons (Fsp3) is 0.429.